The van der Waals surface area contributed by atoms with Gasteiger partial charge in [0.15, 0.2) is 0 Å². The third kappa shape index (κ3) is 2.27. The molecule has 2 heterocycles. The van der Waals surface area contributed by atoms with Crippen LogP contribution in [0.1, 0.15) is 25.1 Å². The van der Waals surface area contributed by atoms with Crippen molar-refractivity contribution in [3.8, 4) is 12.0 Å². The van der Waals surface area contributed by atoms with Gasteiger partial charge < -0.3 is 5.73 Å². The molecule has 0 radical (unpaired) electrons. The summed E-state index contributed by atoms with van der Waals surface area (Å²) in [5.41, 5.74) is 7.55. The highest BCUT2D eigenvalue weighted by atomic mass is 15.2. The van der Waals surface area contributed by atoms with Gasteiger partial charge in [-0.25, -0.2) is 0 Å². The minimum absolute atomic E-state index is 0.735. The van der Waals surface area contributed by atoms with Crippen molar-refractivity contribution in [3.63, 3.8) is 0 Å². The van der Waals surface area contributed by atoms with Crippen LogP contribution in [0.4, 0.5) is 0 Å². The van der Waals surface area contributed by atoms with Crippen LogP contribution in [-0.4, -0.2) is 21.6 Å². The van der Waals surface area contributed by atoms with Gasteiger partial charge in [-0.1, -0.05) is 19.8 Å². The number of aromatic amines is 1. The van der Waals surface area contributed by atoms with Crippen LogP contribution in [0, 0.1) is 12.0 Å². The third-order valence-corrected chi connectivity index (χ3v) is 1.99. The van der Waals surface area contributed by atoms with Crippen molar-refractivity contribution in [1.29, 1.82) is 0 Å². The SMILES string of the molecule is CC.NC#CCN1Cc2cn[nH]c2C1. The number of aromatic nitrogens is 2. The normalized spacial score (nSPS) is 13.6. The van der Waals surface area contributed by atoms with Crippen LogP contribution in [0.2, 0.25) is 0 Å². The highest BCUT2D eigenvalue weighted by molar-refractivity contribution is 5.21. The molecule has 0 fully saturated rings. The van der Waals surface area contributed by atoms with E-state index in [4.69, 9.17) is 5.73 Å². The van der Waals surface area contributed by atoms with Gasteiger partial charge in [0.05, 0.1) is 18.4 Å². The van der Waals surface area contributed by atoms with Crippen molar-refractivity contribution < 1.29 is 0 Å². The molecule has 4 nitrogen and oxygen atoms in total. The van der Waals surface area contributed by atoms with E-state index in [2.05, 4.69) is 27.1 Å². The lowest BCUT2D eigenvalue weighted by Crippen LogP contribution is -2.17. The summed E-state index contributed by atoms with van der Waals surface area (Å²) in [6.45, 7) is 6.57. The van der Waals surface area contributed by atoms with Crippen LogP contribution in [-0.2, 0) is 13.1 Å². The lowest BCUT2D eigenvalue weighted by atomic mass is 10.3. The number of H-pyrrole nitrogens is 1. The summed E-state index contributed by atoms with van der Waals surface area (Å²) in [4.78, 5) is 2.21. The first-order chi connectivity index (χ1) is 6.90. The Morgan fingerprint density at radius 1 is 1.57 bits per heavy atom. The van der Waals surface area contributed by atoms with E-state index in [-0.39, 0.29) is 0 Å². The van der Waals surface area contributed by atoms with Crippen molar-refractivity contribution in [1.82, 2.24) is 15.1 Å². The monoisotopic (exact) mass is 192 g/mol. The second-order valence-electron chi connectivity index (χ2n) is 2.84. The zero-order valence-electron chi connectivity index (χ0n) is 8.67. The molecular weight excluding hydrogens is 176 g/mol. The van der Waals surface area contributed by atoms with Gasteiger partial charge >= 0.3 is 0 Å². The molecule has 0 unspecified atom stereocenters. The molecule has 0 saturated heterocycles. The van der Waals surface area contributed by atoms with Crippen LogP contribution in [0.3, 0.4) is 0 Å². The van der Waals surface area contributed by atoms with E-state index >= 15 is 0 Å². The lowest BCUT2D eigenvalue weighted by molar-refractivity contribution is 0.318. The van der Waals surface area contributed by atoms with E-state index in [9.17, 15) is 0 Å². The minimum atomic E-state index is 0.735. The van der Waals surface area contributed by atoms with Crippen LogP contribution in [0.15, 0.2) is 6.20 Å². The minimum Gasteiger partial charge on any atom is -0.359 e. The van der Waals surface area contributed by atoms with Crippen LogP contribution in [0.5, 0.6) is 0 Å². The second-order valence-corrected chi connectivity index (χ2v) is 2.84. The van der Waals surface area contributed by atoms with Gasteiger partial charge in [0.25, 0.3) is 0 Å². The zero-order valence-corrected chi connectivity index (χ0v) is 8.67. The van der Waals surface area contributed by atoms with E-state index in [0.717, 1.165) is 19.6 Å². The fourth-order valence-corrected chi connectivity index (χ4v) is 1.40. The Hall–Kier alpha value is -1.47. The van der Waals surface area contributed by atoms with Crippen LogP contribution >= 0.6 is 0 Å². The maximum atomic E-state index is 5.08. The van der Waals surface area contributed by atoms with Gasteiger partial charge in [-0.2, -0.15) is 5.10 Å². The summed E-state index contributed by atoms with van der Waals surface area (Å²) >= 11 is 0. The summed E-state index contributed by atoms with van der Waals surface area (Å²) in [5, 5.41) is 6.90. The molecule has 1 aliphatic heterocycles. The maximum absolute atomic E-state index is 5.08. The first kappa shape index (κ1) is 10.6. The van der Waals surface area contributed by atoms with Gasteiger partial charge in [0.2, 0.25) is 0 Å². The van der Waals surface area contributed by atoms with Gasteiger partial charge in [-0.15, -0.1) is 0 Å². The molecule has 0 bridgehead atoms. The van der Waals surface area contributed by atoms with Gasteiger partial charge in [-0.3, -0.25) is 10.00 Å². The molecule has 0 aromatic carbocycles. The standard InChI is InChI=1S/C8H10N4.C2H6/c9-2-1-3-12-5-7-4-10-11-8(7)6-12;1-2/h4H,3,5-6,9H2,(H,10,11);1-2H3. The molecule has 1 aliphatic rings. The van der Waals surface area contributed by atoms with Gasteiger partial charge in [-0.05, 0) is 0 Å². The van der Waals surface area contributed by atoms with E-state index in [1.807, 2.05) is 20.0 Å². The number of rotatable bonds is 1. The second kappa shape index (κ2) is 5.30. The van der Waals surface area contributed by atoms with E-state index < -0.39 is 0 Å². The summed E-state index contributed by atoms with van der Waals surface area (Å²) in [7, 11) is 0. The number of nitrogens with one attached hydrogen (secondary N) is 1. The Balaban J connectivity index is 0.000000461. The first-order valence-electron chi connectivity index (χ1n) is 4.82. The average molecular weight is 192 g/mol. The Morgan fingerprint density at radius 3 is 3.00 bits per heavy atom. The third-order valence-electron chi connectivity index (χ3n) is 1.99. The largest absolute Gasteiger partial charge is 0.359 e. The molecule has 1 aromatic rings. The predicted molar refractivity (Wildman–Crippen MR) is 56.0 cm³/mol. The van der Waals surface area contributed by atoms with Crippen molar-refractivity contribution in [2.75, 3.05) is 6.54 Å². The molecule has 2 rings (SSSR count). The Kier molecular flexibility index (Phi) is 4.02. The highest BCUT2D eigenvalue weighted by Crippen LogP contribution is 2.18. The molecule has 0 aliphatic carbocycles. The molecule has 3 N–H and O–H groups in total. The molecule has 1 aromatic heterocycles. The summed E-state index contributed by atoms with van der Waals surface area (Å²) in [5.74, 6) is 2.83. The number of hydrogen-bond acceptors (Lipinski definition) is 3. The maximum Gasteiger partial charge on any atom is 0.0626 e. The first-order valence-corrected chi connectivity index (χ1v) is 4.82. The fourth-order valence-electron chi connectivity index (χ4n) is 1.40. The van der Waals surface area contributed by atoms with Crippen LogP contribution < -0.4 is 5.73 Å². The molecule has 0 amide bonds. The molecule has 76 valence electrons. The smallest absolute Gasteiger partial charge is 0.0626 e. The van der Waals surface area contributed by atoms with E-state index in [1.54, 1.807) is 0 Å². The Labute approximate surface area is 84.5 Å². The molecule has 4 heteroatoms. The predicted octanol–water partition coefficient (Wildman–Crippen LogP) is 0.671. The molecule has 14 heavy (non-hydrogen) atoms. The van der Waals surface area contributed by atoms with Gasteiger partial charge in [0, 0.05) is 24.7 Å². The fraction of sp³-hybridized carbons (Fsp3) is 0.500. The summed E-state index contributed by atoms with van der Waals surface area (Å²) in [6.07, 6.45) is 1.87. The average Bonchev–Trinajstić information content (AvgIpc) is 2.77. The Bertz CT molecular complexity index is 311. The number of nitrogens with two attached hydrogens (primary N) is 1. The topological polar surface area (TPSA) is 57.9 Å². The molecular formula is C10H16N4. The highest BCUT2D eigenvalue weighted by Gasteiger charge is 2.18. The van der Waals surface area contributed by atoms with Crippen molar-refractivity contribution in [2.24, 2.45) is 5.73 Å². The van der Waals surface area contributed by atoms with Crippen LogP contribution in [0.25, 0.3) is 0 Å². The number of nitrogens with zero attached hydrogens (tertiary/aromatic N) is 2. The summed E-state index contributed by atoms with van der Waals surface area (Å²) < 4.78 is 0. The van der Waals surface area contributed by atoms with Crippen molar-refractivity contribution >= 4 is 0 Å². The Morgan fingerprint density at radius 2 is 2.36 bits per heavy atom. The summed E-state index contributed by atoms with van der Waals surface area (Å²) in [6, 6.07) is 2.40. The van der Waals surface area contributed by atoms with E-state index in [1.165, 1.54) is 11.3 Å². The van der Waals surface area contributed by atoms with Crippen molar-refractivity contribution in [2.45, 2.75) is 26.9 Å². The quantitative estimate of drug-likeness (QED) is 0.508. The molecule has 0 spiro atoms. The lowest BCUT2D eigenvalue weighted by Gasteiger charge is -2.08. The van der Waals surface area contributed by atoms with Gasteiger partial charge in [0.1, 0.15) is 0 Å². The molecule has 0 saturated carbocycles. The number of hydrogen-bond donors (Lipinski definition) is 2. The molecule has 0 atom stereocenters. The number of fused-ring (bicyclic) bond motifs is 1. The van der Waals surface area contributed by atoms with E-state index in [0.29, 0.717) is 0 Å². The van der Waals surface area contributed by atoms with Crippen molar-refractivity contribution in [3.05, 3.63) is 17.5 Å². The zero-order chi connectivity index (χ0) is 10.4.